The number of fused-ring (bicyclic) bond motifs is 1. The molecule has 1 amide bonds. The van der Waals surface area contributed by atoms with Crippen molar-refractivity contribution < 1.29 is 29.8 Å². The molecule has 0 spiro atoms. The number of carbonyl (C=O) groups excluding carboxylic acids is 1. The van der Waals surface area contributed by atoms with Crippen LogP contribution in [0.5, 0.6) is 0 Å². The topological polar surface area (TPSA) is 186 Å². The molecule has 156 valence electrons. The molecule has 3 heterocycles. The number of ether oxygens (including phenoxy) is 1. The van der Waals surface area contributed by atoms with Crippen LogP contribution in [0.4, 0.5) is 11.5 Å². The van der Waals surface area contributed by atoms with Crippen LogP contribution in [0.1, 0.15) is 16.6 Å². The summed E-state index contributed by atoms with van der Waals surface area (Å²) in [5.74, 6) is -0.485. The van der Waals surface area contributed by atoms with Gasteiger partial charge in [-0.05, 0) is 12.1 Å². The lowest BCUT2D eigenvalue weighted by molar-refractivity contribution is -0.384. The molecule has 2 aromatic heterocycles. The molecule has 4 N–H and O–H groups in total. The SMILES string of the molecule is O=C(Nc1ncnc2c1ncn2[C@@H]1O[C@H](CO)[C@@H](O)[C@H]1O)c1ccc([N+](=O)[O-])cc1. The second kappa shape index (κ2) is 7.72. The second-order valence-electron chi connectivity index (χ2n) is 6.53. The Balaban J connectivity index is 1.61. The standard InChI is InChI=1S/C17H16N6O7/c24-5-10-12(25)13(26)17(30-10)22-7-20-11-14(18-6-19-15(11)22)21-16(27)8-1-3-9(4-2-8)23(28)29/h1-4,6-7,10,12-13,17,24-26H,5H2,(H,18,19,21,27)/t10-,12-,13-,17-/m1/s1. The fourth-order valence-electron chi connectivity index (χ4n) is 3.15. The summed E-state index contributed by atoms with van der Waals surface area (Å²) in [6, 6.07) is 5.04. The number of rotatable bonds is 5. The Morgan fingerprint density at radius 3 is 2.57 bits per heavy atom. The van der Waals surface area contributed by atoms with Crippen molar-refractivity contribution in [2.45, 2.75) is 24.5 Å². The van der Waals surface area contributed by atoms with E-state index in [0.717, 1.165) is 0 Å². The maximum absolute atomic E-state index is 12.5. The molecule has 0 saturated carbocycles. The lowest BCUT2D eigenvalue weighted by Crippen LogP contribution is -2.33. The molecule has 1 aliphatic rings. The van der Waals surface area contributed by atoms with Crippen LogP contribution in [0, 0.1) is 10.1 Å². The summed E-state index contributed by atoms with van der Waals surface area (Å²) in [6.07, 6.45) is -2.15. The number of nitro benzene ring substituents is 1. The molecule has 13 nitrogen and oxygen atoms in total. The number of imidazole rings is 1. The van der Waals surface area contributed by atoms with Gasteiger partial charge in [-0.2, -0.15) is 0 Å². The van der Waals surface area contributed by atoms with Gasteiger partial charge >= 0.3 is 0 Å². The first-order valence-corrected chi connectivity index (χ1v) is 8.76. The van der Waals surface area contributed by atoms with E-state index >= 15 is 0 Å². The minimum atomic E-state index is -1.33. The van der Waals surface area contributed by atoms with Crippen LogP contribution in [-0.2, 0) is 4.74 Å². The van der Waals surface area contributed by atoms with Crippen LogP contribution in [0.15, 0.2) is 36.9 Å². The second-order valence-corrected chi connectivity index (χ2v) is 6.53. The zero-order valence-corrected chi connectivity index (χ0v) is 15.2. The number of nitrogens with zero attached hydrogens (tertiary/aromatic N) is 5. The average molecular weight is 416 g/mol. The first-order chi connectivity index (χ1) is 14.4. The van der Waals surface area contributed by atoms with E-state index in [0.29, 0.717) is 0 Å². The fraction of sp³-hybridized carbons (Fsp3) is 0.294. The number of nitrogens with one attached hydrogen (secondary N) is 1. The summed E-state index contributed by atoms with van der Waals surface area (Å²) < 4.78 is 6.84. The molecular formula is C17H16N6O7. The van der Waals surface area contributed by atoms with Crippen molar-refractivity contribution in [2.24, 2.45) is 0 Å². The quantitative estimate of drug-likeness (QED) is 0.315. The third-order valence-corrected chi connectivity index (χ3v) is 4.72. The number of non-ortho nitro benzene ring substituents is 1. The molecule has 1 fully saturated rings. The summed E-state index contributed by atoms with van der Waals surface area (Å²) in [6.45, 7) is -0.479. The maximum Gasteiger partial charge on any atom is 0.269 e. The van der Waals surface area contributed by atoms with E-state index < -0.39 is 42.0 Å². The fourth-order valence-corrected chi connectivity index (χ4v) is 3.15. The normalized spacial score (nSPS) is 23.6. The smallest absolute Gasteiger partial charge is 0.269 e. The van der Waals surface area contributed by atoms with E-state index in [1.165, 1.54) is 41.5 Å². The minimum absolute atomic E-state index is 0.0776. The van der Waals surface area contributed by atoms with Crippen molar-refractivity contribution in [1.29, 1.82) is 0 Å². The van der Waals surface area contributed by atoms with Gasteiger partial charge in [-0.15, -0.1) is 0 Å². The summed E-state index contributed by atoms with van der Waals surface area (Å²) in [5.41, 5.74) is 0.452. The highest BCUT2D eigenvalue weighted by atomic mass is 16.6. The van der Waals surface area contributed by atoms with Crippen molar-refractivity contribution in [3.63, 3.8) is 0 Å². The number of aromatic nitrogens is 4. The molecule has 13 heteroatoms. The highest BCUT2D eigenvalue weighted by Crippen LogP contribution is 2.32. The van der Waals surface area contributed by atoms with Crippen LogP contribution in [0.25, 0.3) is 11.2 Å². The Kier molecular flexibility index (Phi) is 5.09. The molecule has 4 rings (SSSR count). The highest BCUT2D eigenvalue weighted by molar-refractivity contribution is 6.06. The van der Waals surface area contributed by atoms with Gasteiger partial charge in [0.2, 0.25) is 0 Å². The minimum Gasteiger partial charge on any atom is -0.394 e. The molecule has 0 aliphatic carbocycles. The molecule has 0 bridgehead atoms. The number of aliphatic hydroxyl groups is 3. The van der Waals surface area contributed by atoms with Gasteiger partial charge in [-0.25, -0.2) is 15.0 Å². The van der Waals surface area contributed by atoms with Crippen LogP contribution < -0.4 is 5.32 Å². The molecule has 1 aliphatic heterocycles. The lowest BCUT2D eigenvalue weighted by atomic mass is 10.1. The Labute approximate surface area is 167 Å². The molecule has 0 unspecified atom stereocenters. The Morgan fingerprint density at radius 1 is 1.20 bits per heavy atom. The Hall–Kier alpha value is -3.52. The zero-order valence-electron chi connectivity index (χ0n) is 15.2. The molecule has 3 aromatic rings. The van der Waals surface area contributed by atoms with Crippen LogP contribution >= 0.6 is 0 Å². The zero-order chi connectivity index (χ0) is 21.4. The van der Waals surface area contributed by atoms with Crippen molar-refractivity contribution in [3.8, 4) is 0 Å². The number of anilines is 1. The van der Waals surface area contributed by atoms with E-state index in [4.69, 9.17) is 4.74 Å². The number of carbonyl (C=O) groups is 1. The predicted octanol–water partition coefficient (Wildman–Crippen LogP) is -0.402. The van der Waals surface area contributed by atoms with Crippen molar-refractivity contribution in [1.82, 2.24) is 19.5 Å². The number of nitro groups is 1. The van der Waals surface area contributed by atoms with E-state index in [2.05, 4.69) is 20.3 Å². The monoisotopic (exact) mass is 416 g/mol. The summed E-state index contributed by atoms with van der Waals surface area (Å²) in [4.78, 5) is 34.9. The third-order valence-electron chi connectivity index (χ3n) is 4.72. The highest BCUT2D eigenvalue weighted by Gasteiger charge is 2.44. The Bertz CT molecular complexity index is 1100. The van der Waals surface area contributed by atoms with E-state index in [1.54, 1.807) is 0 Å². The molecule has 30 heavy (non-hydrogen) atoms. The van der Waals surface area contributed by atoms with Gasteiger partial charge in [0.15, 0.2) is 23.2 Å². The predicted molar refractivity (Wildman–Crippen MR) is 99.4 cm³/mol. The van der Waals surface area contributed by atoms with Gasteiger partial charge in [0.25, 0.3) is 11.6 Å². The summed E-state index contributed by atoms with van der Waals surface area (Å²) in [7, 11) is 0. The van der Waals surface area contributed by atoms with Gasteiger partial charge in [0, 0.05) is 17.7 Å². The van der Waals surface area contributed by atoms with Gasteiger partial charge in [0.05, 0.1) is 17.9 Å². The average Bonchev–Trinajstić information content (AvgIpc) is 3.30. The molecule has 1 aromatic carbocycles. The summed E-state index contributed by atoms with van der Waals surface area (Å²) >= 11 is 0. The molecule has 1 saturated heterocycles. The van der Waals surface area contributed by atoms with Gasteiger partial charge in [0.1, 0.15) is 24.6 Å². The van der Waals surface area contributed by atoms with E-state index in [1.807, 2.05) is 0 Å². The number of amides is 1. The van der Waals surface area contributed by atoms with Crippen molar-refractivity contribution in [2.75, 3.05) is 11.9 Å². The van der Waals surface area contributed by atoms with Crippen LogP contribution in [-0.4, -0.2) is 70.6 Å². The first kappa shape index (κ1) is 19.8. The van der Waals surface area contributed by atoms with Gasteiger partial charge in [-0.1, -0.05) is 0 Å². The van der Waals surface area contributed by atoms with E-state index in [-0.39, 0.29) is 28.2 Å². The largest absolute Gasteiger partial charge is 0.394 e. The molecule has 4 atom stereocenters. The van der Waals surface area contributed by atoms with Gasteiger partial charge in [-0.3, -0.25) is 19.5 Å². The summed E-state index contributed by atoms with van der Waals surface area (Å²) in [5, 5.41) is 42.7. The number of hydrogen-bond donors (Lipinski definition) is 4. The van der Waals surface area contributed by atoms with Crippen molar-refractivity contribution in [3.05, 3.63) is 52.6 Å². The van der Waals surface area contributed by atoms with Crippen LogP contribution in [0.3, 0.4) is 0 Å². The Morgan fingerprint density at radius 2 is 1.93 bits per heavy atom. The number of hydrogen-bond acceptors (Lipinski definition) is 10. The van der Waals surface area contributed by atoms with Crippen LogP contribution in [0.2, 0.25) is 0 Å². The number of benzene rings is 1. The van der Waals surface area contributed by atoms with Gasteiger partial charge < -0.3 is 25.4 Å². The number of aliphatic hydroxyl groups excluding tert-OH is 3. The maximum atomic E-state index is 12.5. The first-order valence-electron chi connectivity index (χ1n) is 8.76. The molecule has 0 radical (unpaired) electrons. The van der Waals surface area contributed by atoms with Crippen molar-refractivity contribution >= 4 is 28.6 Å². The molecular weight excluding hydrogens is 400 g/mol. The van der Waals surface area contributed by atoms with E-state index in [9.17, 15) is 30.2 Å². The third kappa shape index (κ3) is 3.35. The lowest BCUT2D eigenvalue weighted by Gasteiger charge is -2.16.